The summed E-state index contributed by atoms with van der Waals surface area (Å²) in [5.74, 6) is -0.686. The number of aromatic nitrogens is 2. The number of hydrogen-bond donors (Lipinski definition) is 0. The van der Waals surface area contributed by atoms with Crippen molar-refractivity contribution in [1.29, 1.82) is 0 Å². The highest BCUT2D eigenvalue weighted by Gasteiger charge is 2.36. The molecule has 0 radical (unpaired) electrons. The fraction of sp³-hybridized carbons (Fsp3) is 0.200. The number of ether oxygens (including phenoxy) is 1. The van der Waals surface area contributed by atoms with Crippen LogP contribution in [0.25, 0.3) is 16.9 Å². The minimum absolute atomic E-state index is 0.0529. The summed E-state index contributed by atoms with van der Waals surface area (Å²) in [5.41, 5.74) is 5.10. The number of nitrogens with zero attached hydrogens (tertiary/aromatic N) is 4. The molecular formula is C30H27N4O4-. The summed E-state index contributed by atoms with van der Waals surface area (Å²) in [6.45, 7) is 0. The monoisotopic (exact) mass is 507 g/mol. The second-order valence-corrected chi connectivity index (χ2v) is 9.04. The largest absolute Gasteiger partial charge is 0.550 e. The standard InChI is InChI=1S/C30H28N4O4/c1-38-24-17-15-21(16-18-24)26-19-27(34(31-26)28(35)13-8-14-29(36)37)25-20-33(23-11-6-3-7-12-23)32-30(25)22-9-4-2-5-10-22/h2-7,9-12,15-18,20,27H,8,13-14,19H2,1H3,(H,36,37)/p-1/t27-/m0/s1. The maximum Gasteiger partial charge on any atom is 0.243 e. The molecule has 1 amide bonds. The van der Waals surface area contributed by atoms with Crippen molar-refractivity contribution in [3.8, 4) is 22.7 Å². The van der Waals surface area contributed by atoms with Gasteiger partial charge in [0.1, 0.15) is 5.75 Å². The first-order valence-electron chi connectivity index (χ1n) is 12.5. The van der Waals surface area contributed by atoms with Gasteiger partial charge in [0, 0.05) is 36.1 Å². The molecule has 5 rings (SSSR count). The van der Waals surface area contributed by atoms with Crippen LogP contribution < -0.4 is 9.84 Å². The zero-order valence-corrected chi connectivity index (χ0v) is 21.0. The van der Waals surface area contributed by atoms with Crippen LogP contribution in [0.3, 0.4) is 0 Å². The molecule has 0 unspecified atom stereocenters. The van der Waals surface area contributed by atoms with Gasteiger partial charge in [-0.15, -0.1) is 0 Å². The number of carboxylic acids is 1. The number of rotatable bonds is 9. The number of benzene rings is 3. The molecule has 0 N–H and O–H groups in total. The number of hydrogen-bond acceptors (Lipinski definition) is 6. The summed E-state index contributed by atoms with van der Waals surface area (Å²) >= 11 is 0. The van der Waals surface area contributed by atoms with Crippen molar-refractivity contribution in [3.05, 3.63) is 102 Å². The van der Waals surface area contributed by atoms with Crippen molar-refractivity contribution in [2.24, 2.45) is 5.10 Å². The van der Waals surface area contributed by atoms with E-state index in [1.165, 1.54) is 5.01 Å². The predicted octanol–water partition coefficient (Wildman–Crippen LogP) is 4.15. The average Bonchev–Trinajstić information content (AvgIpc) is 3.59. The number of carbonyl (C=O) groups is 2. The summed E-state index contributed by atoms with van der Waals surface area (Å²) in [6, 6.07) is 26.8. The Morgan fingerprint density at radius 3 is 2.26 bits per heavy atom. The molecule has 0 spiro atoms. The first-order chi connectivity index (χ1) is 18.5. The van der Waals surface area contributed by atoms with Gasteiger partial charge in [0.25, 0.3) is 0 Å². The molecule has 8 nitrogen and oxygen atoms in total. The quantitative estimate of drug-likeness (QED) is 0.339. The Kier molecular flexibility index (Phi) is 7.31. The molecule has 1 aliphatic rings. The number of para-hydroxylation sites is 1. The minimum Gasteiger partial charge on any atom is -0.550 e. The van der Waals surface area contributed by atoms with E-state index in [4.69, 9.17) is 14.9 Å². The van der Waals surface area contributed by atoms with Gasteiger partial charge in [-0.05, 0) is 54.8 Å². The Balaban J connectivity index is 1.56. The third-order valence-electron chi connectivity index (χ3n) is 6.53. The van der Waals surface area contributed by atoms with Gasteiger partial charge in [0.15, 0.2) is 0 Å². The van der Waals surface area contributed by atoms with Crippen LogP contribution in [0, 0.1) is 0 Å². The van der Waals surface area contributed by atoms with Gasteiger partial charge < -0.3 is 14.6 Å². The average molecular weight is 508 g/mol. The van der Waals surface area contributed by atoms with Gasteiger partial charge in [-0.3, -0.25) is 4.79 Å². The highest BCUT2D eigenvalue weighted by molar-refractivity contribution is 6.03. The van der Waals surface area contributed by atoms with E-state index in [-0.39, 0.29) is 25.2 Å². The van der Waals surface area contributed by atoms with Crippen LogP contribution in [0.2, 0.25) is 0 Å². The summed E-state index contributed by atoms with van der Waals surface area (Å²) in [4.78, 5) is 24.3. The zero-order valence-electron chi connectivity index (χ0n) is 21.0. The van der Waals surface area contributed by atoms with Gasteiger partial charge in [-0.1, -0.05) is 48.5 Å². The Hall–Kier alpha value is -4.72. The lowest BCUT2D eigenvalue weighted by Crippen LogP contribution is -2.28. The summed E-state index contributed by atoms with van der Waals surface area (Å²) < 4.78 is 7.11. The maximum atomic E-state index is 13.4. The van der Waals surface area contributed by atoms with Gasteiger partial charge in [-0.2, -0.15) is 10.2 Å². The molecule has 0 saturated heterocycles. The van der Waals surface area contributed by atoms with Crippen molar-refractivity contribution in [1.82, 2.24) is 14.8 Å². The Labute approximate surface area is 220 Å². The molecular weight excluding hydrogens is 480 g/mol. The molecule has 1 atom stereocenters. The minimum atomic E-state index is -1.17. The summed E-state index contributed by atoms with van der Waals surface area (Å²) in [6.07, 6.45) is 2.50. The molecule has 3 aromatic carbocycles. The number of methoxy groups -OCH3 is 1. The van der Waals surface area contributed by atoms with Gasteiger partial charge in [-0.25, -0.2) is 9.69 Å². The van der Waals surface area contributed by atoms with E-state index in [1.54, 1.807) is 7.11 Å². The topological polar surface area (TPSA) is 99.9 Å². The second kappa shape index (κ2) is 11.1. The fourth-order valence-electron chi connectivity index (χ4n) is 4.60. The van der Waals surface area contributed by atoms with E-state index < -0.39 is 12.0 Å². The van der Waals surface area contributed by atoms with E-state index in [2.05, 4.69) is 0 Å². The smallest absolute Gasteiger partial charge is 0.243 e. The van der Waals surface area contributed by atoms with Crippen LogP contribution in [0.15, 0.2) is 96.2 Å². The van der Waals surface area contributed by atoms with E-state index >= 15 is 0 Å². The van der Waals surface area contributed by atoms with Gasteiger partial charge >= 0.3 is 0 Å². The lowest BCUT2D eigenvalue weighted by Gasteiger charge is -2.22. The molecule has 38 heavy (non-hydrogen) atoms. The van der Waals surface area contributed by atoms with Crippen LogP contribution in [0.4, 0.5) is 0 Å². The van der Waals surface area contributed by atoms with Crippen LogP contribution in [-0.4, -0.2) is 39.5 Å². The predicted molar refractivity (Wildman–Crippen MR) is 142 cm³/mol. The number of hydrazone groups is 1. The molecule has 1 aliphatic heterocycles. The van der Waals surface area contributed by atoms with Gasteiger partial charge in [0.05, 0.1) is 30.2 Å². The first kappa shape index (κ1) is 25.0. The first-order valence-corrected chi connectivity index (χ1v) is 12.5. The highest BCUT2D eigenvalue weighted by Crippen LogP contribution is 2.39. The zero-order chi connectivity index (χ0) is 26.5. The lowest BCUT2D eigenvalue weighted by molar-refractivity contribution is -0.305. The Bertz CT molecular complexity index is 1450. The van der Waals surface area contributed by atoms with Crippen molar-refractivity contribution in [2.75, 3.05) is 7.11 Å². The summed E-state index contributed by atoms with van der Waals surface area (Å²) in [5, 5.41) is 22.1. The van der Waals surface area contributed by atoms with Crippen LogP contribution >= 0.6 is 0 Å². The molecule has 0 aliphatic carbocycles. The van der Waals surface area contributed by atoms with Gasteiger partial charge in [0.2, 0.25) is 5.91 Å². The van der Waals surface area contributed by atoms with Crippen LogP contribution in [0.1, 0.15) is 42.9 Å². The molecule has 0 fully saturated rings. The second-order valence-electron chi connectivity index (χ2n) is 9.04. The fourth-order valence-corrected chi connectivity index (χ4v) is 4.60. The van der Waals surface area contributed by atoms with Crippen molar-refractivity contribution < 1.29 is 19.4 Å². The Morgan fingerprint density at radius 1 is 0.921 bits per heavy atom. The molecule has 1 aromatic heterocycles. The van der Waals surface area contributed by atoms with E-state index in [1.807, 2.05) is 95.8 Å². The molecule has 2 heterocycles. The maximum absolute atomic E-state index is 13.4. The lowest BCUT2D eigenvalue weighted by atomic mass is 9.96. The number of carbonyl (C=O) groups excluding carboxylic acids is 2. The van der Waals surface area contributed by atoms with Crippen LogP contribution in [-0.2, 0) is 9.59 Å². The molecule has 0 saturated carbocycles. The third kappa shape index (κ3) is 5.34. The molecule has 192 valence electrons. The number of carboxylic acid groups (broad SMARTS) is 1. The van der Waals surface area contributed by atoms with Crippen molar-refractivity contribution in [3.63, 3.8) is 0 Å². The SMILES string of the molecule is COc1ccc(C2=NN(C(=O)CCCC(=O)[O-])[C@H](c3cn(-c4ccccc4)nc3-c3ccccc3)C2)cc1. The normalized spacial score (nSPS) is 14.8. The summed E-state index contributed by atoms with van der Waals surface area (Å²) in [7, 11) is 1.61. The van der Waals surface area contributed by atoms with E-state index in [9.17, 15) is 14.7 Å². The number of amides is 1. The molecule has 8 heteroatoms. The molecule has 4 aromatic rings. The number of aliphatic carboxylic acids is 1. The highest BCUT2D eigenvalue weighted by atomic mass is 16.5. The Morgan fingerprint density at radius 2 is 1.61 bits per heavy atom. The third-order valence-corrected chi connectivity index (χ3v) is 6.53. The van der Waals surface area contributed by atoms with E-state index in [0.29, 0.717) is 6.42 Å². The van der Waals surface area contributed by atoms with E-state index in [0.717, 1.165) is 39.5 Å². The van der Waals surface area contributed by atoms with Crippen molar-refractivity contribution in [2.45, 2.75) is 31.7 Å². The molecule has 0 bridgehead atoms. The van der Waals surface area contributed by atoms with Crippen molar-refractivity contribution >= 4 is 17.6 Å². The van der Waals surface area contributed by atoms with Crippen LogP contribution in [0.5, 0.6) is 5.75 Å².